The van der Waals surface area contributed by atoms with Gasteiger partial charge in [0.15, 0.2) is 52.4 Å². The van der Waals surface area contributed by atoms with Gasteiger partial charge in [-0.2, -0.15) is 39.5 Å². The molecular weight excluding hydrogens is 1390 g/mol. The van der Waals surface area contributed by atoms with Crippen molar-refractivity contribution in [2.45, 2.75) is 76.9 Å². The summed E-state index contributed by atoms with van der Waals surface area (Å²) in [4.78, 5) is 61.6. The number of rotatable bonds is 18. The van der Waals surface area contributed by atoms with Gasteiger partial charge in [0.05, 0.1) is 106 Å². The summed E-state index contributed by atoms with van der Waals surface area (Å²) in [6.07, 6.45) is -4.93. The third-order valence-corrected chi connectivity index (χ3v) is 17.2. The zero-order valence-corrected chi connectivity index (χ0v) is 57.6. The quantitative estimate of drug-likeness (QED) is 0.0415. The van der Waals surface area contributed by atoms with Crippen LogP contribution in [0.2, 0.25) is 0 Å². The van der Waals surface area contributed by atoms with E-state index in [-0.39, 0.29) is 72.8 Å². The standard InChI is InChI=1S/2C23H29F4N7O.C21H23F4N7O2/c1-22(2)15-34(31-18-5-3-4-17(12-18)23(25,26)27)7-6-33(22)16-28-14-20-29-13-19(24)21(30-20)32-8-10-35-11-9-32;1-22(2)15-32(6-7-34(22)31-18-5-3-4-17(12-18)23(25,26)27)16-28-14-20-29-13-19(24)21(30-20)33-8-10-35-11-9-33;22-17-11-27-18(28-20(17)30-6-8-34-9-7-30)12-26-14-31-4-5-32(13-19(31)33)29-16-3-1-2-15(10-16)21(23,24)25/h2*3-5,12-13,16,31H,6-11,14-15H2,1-2H3;1-3,10-11,14,29H,4-9,12-13H2. The Balaban J connectivity index is 0.000000167. The lowest BCUT2D eigenvalue weighted by molar-refractivity contribution is -0.138. The molecule has 6 aliphatic heterocycles. The molecule has 12 rings (SSSR count). The molecular formula is C67H81F12N21O4. The molecule has 1 amide bonds. The van der Waals surface area contributed by atoms with Crippen molar-refractivity contribution >= 4 is 59.4 Å². The maximum atomic E-state index is 14.2. The molecule has 0 atom stereocenters. The summed E-state index contributed by atoms with van der Waals surface area (Å²) in [5.74, 6) is 0.172. The lowest BCUT2D eigenvalue weighted by Gasteiger charge is -2.46. The van der Waals surface area contributed by atoms with Crippen LogP contribution in [0.4, 0.5) is 87.2 Å². The van der Waals surface area contributed by atoms with Crippen molar-refractivity contribution in [1.29, 1.82) is 0 Å². The number of halogens is 12. The Bertz CT molecular complexity index is 3910. The molecule has 25 nitrogen and oxygen atoms in total. The molecule has 104 heavy (non-hydrogen) atoms. The average Bonchev–Trinajstić information content (AvgIpc) is 0.792. The van der Waals surface area contributed by atoms with Gasteiger partial charge in [0.25, 0.3) is 0 Å². The highest BCUT2D eigenvalue weighted by atomic mass is 19.4. The monoisotopic (exact) mass is 1470 g/mol. The van der Waals surface area contributed by atoms with E-state index in [4.69, 9.17) is 14.2 Å². The molecule has 0 spiro atoms. The molecule has 6 fully saturated rings. The van der Waals surface area contributed by atoms with Crippen molar-refractivity contribution in [3.05, 3.63) is 143 Å². The van der Waals surface area contributed by atoms with Crippen LogP contribution in [-0.2, 0) is 57.2 Å². The summed E-state index contributed by atoms with van der Waals surface area (Å²) in [5, 5.41) is 5.38. The van der Waals surface area contributed by atoms with E-state index in [0.717, 1.165) is 42.6 Å². The van der Waals surface area contributed by atoms with Crippen molar-refractivity contribution < 1.29 is 71.7 Å². The number of carbonyl (C=O) groups excluding carboxylic acids is 1. The molecule has 0 saturated carbocycles. The molecule has 9 heterocycles. The van der Waals surface area contributed by atoms with Crippen LogP contribution in [-0.4, -0.2) is 233 Å². The molecule has 6 aromatic rings. The molecule has 562 valence electrons. The van der Waals surface area contributed by atoms with Crippen LogP contribution in [0.1, 0.15) is 61.9 Å². The fourth-order valence-corrected chi connectivity index (χ4v) is 11.8. The first-order chi connectivity index (χ1) is 49.5. The zero-order valence-electron chi connectivity index (χ0n) is 57.6. The molecule has 3 aromatic carbocycles. The lowest BCUT2D eigenvalue weighted by Crippen LogP contribution is -2.60. The van der Waals surface area contributed by atoms with Gasteiger partial charge in [-0.15, -0.1) is 0 Å². The van der Waals surface area contributed by atoms with Crippen LogP contribution >= 0.6 is 0 Å². The van der Waals surface area contributed by atoms with Gasteiger partial charge in [0, 0.05) is 114 Å². The number of benzene rings is 3. The predicted octanol–water partition coefficient (Wildman–Crippen LogP) is 9.02. The van der Waals surface area contributed by atoms with Gasteiger partial charge in [0.1, 0.15) is 19.6 Å². The van der Waals surface area contributed by atoms with Gasteiger partial charge in [-0.25, -0.2) is 58.1 Å². The number of aromatic nitrogens is 6. The van der Waals surface area contributed by atoms with Gasteiger partial charge in [-0.1, -0.05) is 18.2 Å². The SMILES string of the molecule is CC1(C)CN(C=NCc2ncc(F)c(N3CCOCC3)n2)CCN1Nc1cccc(C(F)(F)F)c1.CC1(C)CN(Nc2cccc(C(F)(F)F)c2)CCN1C=NCc1ncc(F)c(N2CCOCC2)n1.O=C1CN(Nc2cccc(C(F)(F)F)c2)CCN1C=NCc1ncc(F)c(N2CCOCC2)n1. The van der Waals surface area contributed by atoms with E-state index in [2.05, 4.69) is 66.1 Å². The number of alkyl halides is 9. The molecule has 3 N–H and O–H groups in total. The summed E-state index contributed by atoms with van der Waals surface area (Å²) < 4.78 is 175. The third kappa shape index (κ3) is 21.9. The first-order valence-electron chi connectivity index (χ1n) is 33.4. The molecule has 0 bridgehead atoms. The van der Waals surface area contributed by atoms with E-state index in [1.54, 1.807) is 34.7 Å². The third-order valence-electron chi connectivity index (χ3n) is 17.2. The Hall–Kier alpha value is -9.30. The van der Waals surface area contributed by atoms with Crippen LogP contribution in [0.25, 0.3) is 0 Å². The lowest BCUT2D eigenvalue weighted by atomic mass is 10.0. The first-order valence-corrected chi connectivity index (χ1v) is 33.4. The van der Waals surface area contributed by atoms with Crippen molar-refractivity contribution in [1.82, 2.24) is 59.6 Å². The van der Waals surface area contributed by atoms with Crippen LogP contribution in [0, 0.1) is 17.5 Å². The van der Waals surface area contributed by atoms with Crippen molar-refractivity contribution in [2.24, 2.45) is 15.0 Å². The maximum Gasteiger partial charge on any atom is 0.416 e. The van der Waals surface area contributed by atoms with Gasteiger partial charge in [0.2, 0.25) is 5.91 Å². The van der Waals surface area contributed by atoms with E-state index < -0.39 is 52.7 Å². The Morgan fingerprint density at radius 3 is 1.26 bits per heavy atom. The molecule has 0 unspecified atom stereocenters. The molecule has 0 aliphatic carbocycles. The molecule has 0 radical (unpaired) electrons. The number of nitrogens with zero attached hydrogens (tertiary/aromatic N) is 18. The normalized spacial score (nSPS) is 18.9. The average molecular weight is 1470 g/mol. The number of morpholine rings is 3. The van der Waals surface area contributed by atoms with E-state index >= 15 is 0 Å². The summed E-state index contributed by atoms with van der Waals surface area (Å²) >= 11 is 0. The molecule has 3 aromatic heterocycles. The number of hydrogen-bond acceptors (Lipinski definition) is 22. The summed E-state index contributed by atoms with van der Waals surface area (Å²) in [7, 11) is 0. The Kier molecular flexibility index (Phi) is 25.7. The number of aliphatic imine (C=N–C) groups is 3. The number of hydrogen-bond donors (Lipinski definition) is 3. The van der Waals surface area contributed by atoms with Gasteiger partial charge >= 0.3 is 18.5 Å². The minimum absolute atomic E-state index is 0.0451. The van der Waals surface area contributed by atoms with Crippen molar-refractivity contribution in [3.8, 4) is 0 Å². The highest BCUT2D eigenvalue weighted by Crippen LogP contribution is 2.35. The van der Waals surface area contributed by atoms with E-state index in [1.807, 2.05) is 52.4 Å². The Labute approximate surface area is 592 Å². The minimum atomic E-state index is -4.44. The topological polar surface area (TPSA) is 224 Å². The number of ether oxygens (including phenoxy) is 3. The Morgan fingerprint density at radius 2 is 0.856 bits per heavy atom. The minimum Gasteiger partial charge on any atom is -0.378 e. The summed E-state index contributed by atoms with van der Waals surface area (Å²) in [6.45, 7) is 19.2. The highest BCUT2D eigenvalue weighted by molar-refractivity contribution is 5.89. The molecule has 6 saturated heterocycles. The highest BCUT2D eigenvalue weighted by Gasteiger charge is 2.37. The smallest absolute Gasteiger partial charge is 0.378 e. The number of anilines is 6. The number of amides is 1. The second kappa shape index (κ2) is 34.5. The largest absolute Gasteiger partial charge is 0.416 e. The van der Waals surface area contributed by atoms with E-state index in [9.17, 15) is 57.5 Å². The fourth-order valence-electron chi connectivity index (χ4n) is 11.8. The molecule has 37 heteroatoms. The summed E-state index contributed by atoms with van der Waals surface area (Å²) in [6, 6.07) is 15.1. The Morgan fingerprint density at radius 1 is 0.462 bits per heavy atom. The van der Waals surface area contributed by atoms with E-state index in [1.165, 1.54) is 47.9 Å². The fraction of sp³-hybridized carbons (Fsp3) is 0.493. The van der Waals surface area contributed by atoms with Crippen LogP contribution in [0.15, 0.2) is 106 Å². The van der Waals surface area contributed by atoms with Gasteiger partial charge < -0.3 is 59.9 Å². The van der Waals surface area contributed by atoms with E-state index in [0.29, 0.717) is 154 Å². The second-order valence-electron chi connectivity index (χ2n) is 26.0. The summed E-state index contributed by atoms with van der Waals surface area (Å²) in [5.41, 5.74) is 7.21. The molecule has 6 aliphatic rings. The van der Waals surface area contributed by atoms with Crippen LogP contribution in [0.5, 0.6) is 0 Å². The number of carbonyl (C=O) groups is 1. The van der Waals surface area contributed by atoms with Gasteiger partial charge in [-0.3, -0.25) is 19.8 Å². The van der Waals surface area contributed by atoms with Crippen LogP contribution < -0.4 is 31.0 Å². The first kappa shape index (κ1) is 77.3. The second-order valence-corrected chi connectivity index (χ2v) is 26.0. The predicted molar refractivity (Wildman–Crippen MR) is 365 cm³/mol. The number of nitrogens with one attached hydrogen (secondary N) is 3. The van der Waals surface area contributed by atoms with Crippen molar-refractivity contribution in [3.63, 3.8) is 0 Å². The zero-order chi connectivity index (χ0) is 74.2. The maximum absolute atomic E-state index is 14.2. The van der Waals surface area contributed by atoms with Crippen LogP contribution in [0.3, 0.4) is 0 Å². The number of hydrazine groups is 3. The van der Waals surface area contributed by atoms with Crippen molar-refractivity contribution in [2.75, 3.05) is 169 Å². The number of piperazine rings is 3. The van der Waals surface area contributed by atoms with Gasteiger partial charge in [-0.05, 0) is 82.3 Å².